The first kappa shape index (κ1) is 21.0. The summed E-state index contributed by atoms with van der Waals surface area (Å²) in [5.74, 6) is -0.469. The van der Waals surface area contributed by atoms with Crippen molar-refractivity contribution in [1.82, 2.24) is 19.7 Å². The van der Waals surface area contributed by atoms with Gasteiger partial charge in [-0.25, -0.2) is 13.4 Å². The average molecular weight is 433 g/mol. The van der Waals surface area contributed by atoms with Crippen LogP contribution in [0.15, 0.2) is 23.4 Å². The lowest BCUT2D eigenvalue weighted by atomic mass is 10.0. The molecular formula is C21H28N4O4S. The van der Waals surface area contributed by atoms with Gasteiger partial charge >= 0.3 is 0 Å². The van der Waals surface area contributed by atoms with Crippen molar-refractivity contribution in [2.24, 2.45) is 0 Å². The maximum atomic E-state index is 13.3. The van der Waals surface area contributed by atoms with E-state index in [1.807, 2.05) is 4.68 Å². The summed E-state index contributed by atoms with van der Waals surface area (Å²) < 4.78 is 33.2. The number of carbonyl (C=O) groups is 1. The fourth-order valence-electron chi connectivity index (χ4n) is 4.26. The lowest BCUT2D eigenvalue weighted by molar-refractivity contribution is 0.0297. The third kappa shape index (κ3) is 3.65. The van der Waals surface area contributed by atoms with Gasteiger partial charge in [-0.1, -0.05) is 26.7 Å². The second-order valence-corrected chi connectivity index (χ2v) is 9.75. The maximum absolute atomic E-state index is 13.3. The van der Waals surface area contributed by atoms with Crippen molar-refractivity contribution < 1.29 is 17.9 Å². The molecule has 4 heterocycles. The van der Waals surface area contributed by atoms with Crippen LogP contribution in [0, 0.1) is 0 Å². The van der Waals surface area contributed by atoms with Crippen LogP contribution in [-0.4, -0.2) is 60.3 Å². The van der Waals surface area contributed by atoms with Crippen LogP contribution in [0.25, 0.3) is 11.3 Å². The van der Waals surface area contributed by atoms with Gasteiger partial charge in [-0.2, -0.15) is 5.10 Å². The third-order valence-electron chi connectivity index (χ3n) is 5.87. The smallest absolute Gasteiger partial charge is 0.274 e. The van der Waals surface area contributed by atoms with Crippen molar-refractivity contribution in [3.8, 4) is 11.3 Å². The topological polar surface area (TPSA) is 94.4 Å². The first-order chi connectivity index (χ1) is 14.5. The summed E-state index contributed by atoms with van der Waals surface area (Å²) in [6.07, 6.45) is 5.37. The van der Waals surface area contributed by atoms with Crippen molar-refractivity contribution >= 4 is 15.7 Å². The molecule has 2 aliphatic heterocycles. The van der Waals surface area contributed by atoms with Crippen molar-refractivity contribution in [2.75, 3.05) is 26.3 Å². The Morgan fingerprint density at radius 2 is 2.03 bits per heavy atom. The molecule has 0 aliphatic carbocycles. The van der Waals surface area contributed by atoms with E-state index in [2.05, 4.69) is 18.8 Å². The molecule has 1 saturated heterocycles. The number of pyridine rings is 1. The summed E-state index contributed by atoms with van der Waals surface area (Å²) in [5.41, 5.74) is 2.02. The molecule has 0 radical (unpaired) electrons. The molecule has 1 atom stereocenters. The van der Waals surface area contributed by atoms with Crippen LogP contribution in [0.2, 0.25) is 0 Å². The number of aromatic nitrogens is 3. The average Bonchev–Trinajstić information content (AvgIpc) is 3.13. The summed E-state index contributed by atoms with van der Waals surface area (Å²) in [6.45, 7) is 6.17. The molecule has 30 heavy (non-hydrogen) atoms. The predicted octanol–water partition coefficient (Wildman–Crippen LogP) is 2.85. The molecule has 0 spiro atoms. The van der Waals surface area contributed by atoms with Crippen molar-refractivity contribution in [1.29, 1.82) is 0 Å². The number of nitrogens with zero attached hydrogens (tertiary/aromatic N) is 4. The van der Waals surface area contributed by atoms with Gasteiger partial charge in [0.1, 0.15) is 0 Å². The standard InChI is InChI=1S/C21H28N4O4S/c1-3-5-7-15(4-2)25-19-16-8-6-9-22-20(16)30(27,28)14-17(19)18(23-25)21(26)24-10-12-29-13-11-24/h6,8-9,15H,3-5,7,10-14H2,1-2H3. The van der Waals surface area contributed by atoms with Crippen LogP contribution in [0.4, 0.5) is 0 Å². The Kier molecular flexibility index (Phi) is 5.92. The molecular weight excluding hydrogens is 404 g/mol. The third-order valence-corrected chi connectivity index (χ3v) is 7.46. The fraction of sp³-hybridized carbons (Fsp3) is 0.571. The predicted molar refractivity (Wildman–Crippen MR) is 112 cm³/mol. The zero-order chi connectivity index (χ0) is 21.3. The van der Waals surface area contributed by atoms with Gasteiger partial charge in [-0.15, -0.1) is 0 Å². The number of sulfone groups is 1. The molecule has 8 nitrogen and oxygen atoms in total. The molecule has 9 heteroatoms. The highest BCUT2D eigenvalue weighted by atomic mass is 32.2. The Bertz CT molecular complexity index is 1040. The minimum Gasteiger partial charge on any atom is -0.378 e. The highest BCUT2D eigenvalue weighted by Crippen LogP contribution is 2.40. The van der Waals surface area contributed by atoms with Crippen LogP contribution >= 0.6 is 0 Å². The van der Waals surface area contributed by atoms with E-state index in [9.17, 15) is 13.2 Å². The molecule has 2 aromatic heterocycles. The molecule has 1 amide bonds. The van der Waals surface area contributed by atoms with Gasteiger partial charge in [0.2, 0.25) is 9.84 Å². The number of unbranched alkanes of at least 4 members (excludes halogenated alkanes) is 1. The van der Waals surface area contributed by atoms with E-state index < -0.39 is 9.84 Å². The molecule has 0 N–H and O–H groups in total. The Hall–Kier alpha value is -2.26. The monoisotopic (exact) mass is 432 g/mol. The van der Waals surface area contributed by atoms with Gasteiger partial charge in [0.25, 0.3) is 5.91 Å². The van der Waals surface area contributed by atoms with E-state index in [0.717, 1.165) is 31.4 Å². The largest absolute Gasteiger partial charge is 0.378 e. The second kappa shape index (κ2) is 8.47. The van der Waals surface area contributed by atoms with Crippen LogP contribution in [0.5, 0.6) is 0 Å². The van der Waals surface area contributed by atoms with Gasteiger partial charge < -0.3 is 9.64 Å². The van der Waals surface area contributed by atoms with E-state index in [4.69, 9.17) is 9.84 Å². The molecule has 0 bridgehead atoms. The molecule has 0 saturated carbocycles. The number of morpholine rings is 1. The van der Waals surface area contributed by atoms with Crippen molar-refractivity contribution in [3.05, 3.63) is 29.6 Å². The van der Waals surface area contributed by atoms with E-state index in [1.54, 1.807) is 17.0 Å². The van der Waals surface area contributed by atoms with Gasteiger partial charge in [-0.3, -0.25) is 9.48 Å². The SMILES string of the molecule is CCCCC(CC)n1nc(C(=O)N2CCOCC2)c2c1-c1cccnc1S(=O)(=O)C2. The van der Waals surface area contributed by atoms with Gasteiger partial charge in [0.05, 0.1) is 30.7 Å². The lowest BCUT2D eigenvalue weighted by Gasteiger charge is -2.26. The fourth-order valence-corrected chi connectivity index (χ4v) is 5.77. The molecule has 162 valence electrons. The van der Waals surface area contributed by atoms with E-state index >= 15 is 0 Å². The lowest BCUT2D eigenvalue weighted by Crippen LogP contribution is -2.41. The van der Waals surface area contributed by atoms with E-state index in [0.29, 0.717) is 37.4 Å². The first-order valence-electron chi connectivity index (χ1n) is 10.6. The summed E-state index contributed by atoms with van der Waals surface area (Å²) in [7, 11) is -3.64. The van der Waals surface area contributed by atoms with Gasteiger partial charge in [0.15, 0.2) is 10.7 Å². The Morgan fingerprint density at radius 1 is 1.27 bits per heavy atom. The van der Waals surface area contributed by atoms with E-state index in [-0.39, 0.29) is 28.4 Å². The van der Waals surface area contributed by atoms with Crippen LogP contribution in [0.3, 0.4) is 0 Å². The van der Waals surface area contributed by atoms with Gasteiger partial charge in [0, 0.05) is 30.4 Å². The number of hydrogen-bond acceptors (Lipinski definition) is 6. The molecule has 2 aliphatic rings. The summed E-state index contributed by atoms with van der Waals surface area (Å²) >= 11 is 0. The van der Waals surface area contributed by atoms with Crippen LogP contribution in [-0.2, 0) is 20.3 Å². The number of ether oxygens (including phenoxy) is 1. The summed E-state index contributed by atoms with van der Waals surface area (Å²) in [4.78, 5) is 19.2. The minimum atomic E-state index is -3.64. The molecule has 2 aromatic rings. The van der Waals surface area contributed by atoms with Crippen LogP contribution < -0.4 is 0 Å². The summed E-state index contributed by atoms with van der Waals surface area (Å²) in [6, 6.07) is 3.60. The Balaban J connectivity index is 1.89. The van der Waals surface area contributed by atoms with Gasteiger partial charge in [-0.05, 0) is 25.0 Å². The van der Waals surface area contributed by atoms with Crippen molar-refractivity contribution in [3.63, 3.8) is 0 Å². The van der Waals surface area contributed by atoms with Crippen molar-refractivity contribution in [2.45, 2.75) is 56.4 Å². The number of amides is 1. The number of hydrogen-bond donors (Lipinski definition) is 0. The minimum absolute atomic E-state index is 0.0781. The number of carbonyl (C=O) groups excluding carboxylic acids is 1. The Morgan fingerprint density at radius 3 is 2.73 bits per heavy atom. The normalized spacial score (nSPS) is 18.5. The zero-order valence-electron chi connectivity index (χ0n) is 17.5. The van der Waals surface area contributed by atoms with E-state index in [1.165, 1.54) is 6.20 Å². The molecule has 0 aromatic carbocycles. The molecule has 1 fully saturated rings. The maximum Gasteiger partial charge on any atom is 0.274 e. The molecule has 1 unspecified atom stereocenters. The second-order valence-electron chi connectivity index (χ2n) is 7.84. The quantitative estimate of drug-likeness (QED) is 0.697. The molecule has 4 rings (SSSR count). The zero-order valence-corrected chi connectivity index (χ0v) is 18.3. The highest BCUT2D eigenvalue weighted by Gasteiger charge is 2.38. The summed E-state index contributed by atoms with van der Waals surface area (Å²) in [5, 5.41) is 4.83. The highest BCUT2D eigenvalue weighted by molar-refractivity contribution is 7.90. The Labute approximate surface area is 177 Å². The number of fused-ring (bicyclic) bond motifs is 3. The van der Waals surface area contributed by atoms with Crippen LogP contribution in [0.1, 0.15) is 61.6 Å². The number of rotatable bonds is 6. The first-order valence-corrected chi connectivity index (χ1v) is 12.3.